The van der Waals surface area contributed by atoms with E-state index >= 15 is 0 Å². The topological polar surface area (TPSA) is 70.6 Å². The van der Waals surface area contributed by atoms with Crippen molar-refractivity contribution in [1.82, 2.24) is 19.8 Å². The molecule has 152 valence electrons. The van der Waals surface area contributed by atoms with E-state index in [1.807, 2.05) is 18.9 Å². The van der Waals surface area contributed by atoms with Crippen LogP contribution < -0.4 is 5.32 Å². The van der Waals surface area contributed by atoms with Gasteiger partial charge < -0.3 is 19.9 Å². The summed E-state index contributed by atoms with van der Waals surface area (Å²) < 4.78 is 5.70. The first-order valence-corrected chi connectivity index (χ1v) is 10.9. The van der Waals surface area contributed by atoms with Crippen LogP contribution in [-0.2, 0) is 4.74 Å². The third-order valence-corrected chi connectivity index (χ3v) is 7.19. The van der Waals surface area contributed by atoms with Crippen LogP contribution in [0.5, 0.6) is 0 Å². The van der Waals surface area contributed by atoms with Gasteiger partial charge in [-0.2, -0.15) is 0 Å². The molecule has 0 unspecified atom stereocenters. The van der Waals surface area contributed by atoms with E-state index in [9.17, 15) is 4.79 Å². The van der Waals surface area contributed by atoms with E-state index in [4.69, 9.17) is 4.74 Å². The van der Waals surface area contributed by atoms with Crippen LogP contribution in [0, 0.1) is 6.92 Å². The molecule has 28 heavy (non-hydrogen) atoms. The Morgan fingerprint density at radius 1 is 1.36 bits per heavy atom. The van der Waals surface area contributed by atoms with Gasteiger partial charge in [0, 0.05) is 26.2 Å². The van der Waals surface area contributed by atoms with Crippen molar-refractivity contribution in [2.24, 2.45) is 0 Å². The second-order valence-corrected chi connectivity index (χ2v) is 8.92. The number of ether oxygens (including phenoxy) is 1. The summed E-state index contributed by atoms with van der Waals surface area (Å²) in [4.78, 5) is 28.0. The molecule has 0 aromatic carbocycles. The van der Waals surface area contributed by atoms with Crippen LogP contribution in [0.4, 0.5) is 5.82 Å². The number of rotatable bonds is 5. The molecule has 4 rings (SSSR count). The summed E-state index contributed by atoms with van der Waals surface area (Å²) in [5.41, 5.74) is 0.972. The Morgan fingerprint density at radius 2 is 2.14 bits per heavy atom. The maximum Gasteiger partial charge on any atom is 0.264 e. The number of piperidine rings is 1. The largest absolute Gasteiger partial charge is 0.376 e. The van der Waals surface area contributed by atoms with Crippen molar-refractivity contribution in [3.8, 4) is 0 Å². The number of thiophene rings is 1. The third kappa shape index (κ3) is 3.86. The Labute approximate surface area is 170 Å². The van der Waals surface area contributed by atoms with E-state index < -0.39 is 0 Å². The summed E-state index contributed by atoms with van der Waals surface area (Å²) >= 11 is 1.47. The van der Waals surface area contributed by atoms with Crippen molar-refractivity contribution in [3.63, 3.8) is 0 Å². The Balaban J connectivity index is 1.55. The molecule has 0 radical (unpaired) electrons. The molecule has 2 aromatic heterocycles. The molecule has 8 heteroatoms. The smallest absolute Gasteiger partial charge is 0.264 e. The molecule has 0 spiro atoms. The number of amides is 1. The first kappa shape index (κ1) is 19.5. The fraction of sp³-hybridized carbons (Fsp3) is 0.650. The fourth-order valence-corrected chi connectivity index (χ4v) is 5.27. The molecule has 2 aromatic rings. The fourth-order valence-electron chi connectivity index (χ4n) is 4.13. The highest BCUT2D eigenvalue weighted by Crippen LogP contribution is 2.34. The lowest BCUT2D eigenvalue weighted by molar-refractivity contribution is 0.0664. The van der Waals surface area contributed by atoms with Crippen LogP contribution in [0.25, 0.3) is 10.2 Å². The average molecular weight is 404 g/mol. The summed E-state index contributed by atoms with van der Waals surface area (Å²) in [7, 11) is 4.07. The SMILES string of the molecule is Cc1c(C(=O)N(C)C2CCN(C)CC2)sc2ncnc(NC[C@@H]3CCCO3)c12. The van der Waals surface area contributed by atoms with Gasteiger partial charge in [-0.25, -0.2) is 9.97 Å². The zero-order valence-electron chi connectivity index (χ0n) is 16.9. The number of aryl methyl sites for hydroxylation is 1. The van der Waals surface area contributed by atoms with Crippen molar-refractivity contribution < 1.29 is 9.53 Å². The Bertz CT molecular complexity index is 840. The maximum absolute atomic E-state index is 13.2. The van der Waals surface area contributed by atoms with Gasteiger partial charge in [0.05, 0.1) is 16.4 Å². The molecule has 1 N–H and O–H groups in total. The van der Waals surface area contributed by atoms with Gasteiger partial charge in [0.25, 0.3) is 5.91 Å². The van der Waals surface area contributed by atoms with Crippen molar-refractivity contribution in [1.29, 1.82) is 0 Å². The molecular formula is C20H29N5O2S. The molecule has 7 nitrogen and oxygen atoms in total. The van der Waals surface area contributed by atoms with Gasteiger partial charge in [-0.05, 0) is 58.3 Å². The van der Waals surface area contributed by atoms with Crippen LogP contribution >= 0.6 is 11.3 Å². The highest BCUT2D eigenvalue weighted by Gasteiger charge is 2.28. The molecule has 2 aliphatic rings. The quantitative estimate of drug-likeness (QED) is 0.828. The number of hydrogen-bond donors (Lipinski definition) is 1. The Morgan fingerprint density at radius 3 is 2.86 bits per heavy atom. The number of aromatic nitrogens is 2. The predicted molar refractivity (Wildman–Crippen MR) is 112 cm³/mol. The molecule has 2 saturated heterocycles. The highest BCUT2D eigenvalue weighted by atomic mass is 32.1. The number of nitrogens with zero attached hydrogens (tertiary/aromatic N) is 4. The van der Waals surface area contributed by atoms with Gasteiger partial charge in [0.2, 0.25) is 0 Å². The maximum atomic E-state index is 13.2. The lowest BCUT2D eigenvalue weighted by atomic mass is 10.0. The molecule has 4 heterocycles. The number of carbonyl (C=O) groups is 1. The van der Waals surface area contributed by atoms with Crippen molar-refractivity contribution >= 4 is 33.3 Å². The van der Waals surface area contributed by atoms with Crippen LogP contribution in [0.2, 0.25) is 0 Å². The number of likely N-dealkylation sites (tertiary alicyclic amines) is 1. The number of fused-ring (bicyclic) bond motifs is 1. The highest BCUT2D eigenvalue weighted by molar-refractivity contribution is 7.20. The van der Waals surface area contributed by atoms with E-state index in [1.165, 1.54) is 11.3 Å². The number of hydrogen-bond acceptors (Lipinski definition) is 7. The van der Waals surface area contributed by atoms with Crippen LogP contribution in [0.3, 0.4) is 0 Å². The van der Waals surface area contributed by atoms with Crippen molar-refractivity contribution in [2.75, 3.05) is 45.7 Å². The van der Waals surface area contributed by atoms with Gasteiger partial charge in [-0.15, -0.1) is 11.3 Å². The molecule has 1 atom stereocenters. The number of carbonyl (C=O) groups excluding carboxylic acids is 1. The van der Waals surface area contributed by atoms with E-state index in [2.05, 4.69) is 27.2 Å². The average Bonchev–Trinajstić information content (AvgIpc) is 3.34. The Kier molecular flexibility index (Phi) is 5.80. The zero-order chi connectivity index (χ0) is 19.7. The molecule has 2 fully saturated rings. The van der Waals surface area contributed by atoms with Crippen molar-refractivity contribution in [2.45, 2.75) is 44.8 Å². The minimum Gasteiger partial charge on any atom is -0.376 e. The van der Waals surface area contributed by atoms with E-state index in [0.717, 1.165) is 78.4 Å². The monoisotopic (exact) mass is 403 g/mol. The van der Waals surface area contributed by atoms with Gasteiger partial charge in [-0.1, -0.05) is 0 Å². The summed E-state index contributed by atoms with van der Waals surface area (Å²) in [5, 5.41) is 4.38. The predicted octanol–water partition coefficient (Wildman–Crippen LogP) is 2.76. The van der Waals surface area contributed by atoms with Gasteiger partial charge >= 0.3 is 0 Å². The second kappa shape index (κ2) is 8.31. The zero-order valence-corrected chi connectivity index (χ0v) is 17.7. The van der Waals surface area contributed by atoms with Gasteiger partial charge in [0.1, 0.15) is 17.0 Å². The Hall–Kier alpha value is -1.77. The molecule has 1 amide bonds. The summed E-state index contributed by atoms with van der Waals surface area (Å²) in [6.45, 7) is 5.66. The molecular weight excluding hydrogens is 374 g/mol. The second-order valence-electron chi connectivity index (χ2n) is 7.93. The van der Waals surface area contributed by atoms with Gasteiger partial charge in [0.15, 0.2) is 0 Å². The third-order valence-electron chi connectivity index (χ3n) is 6.00. The van der Waals surface area contributed by atoms with E-state index in [0.29, 0.717) is 6.04 Å². The minimum atomic E-state index is 0.0973. The first-order chi connectivity index (χ1) is 13.5. The summed E-state index contributed by atoms with van der Waals surface area (Å²) in [5.74, 6) is 0.898. The van der Waals surface area contributed by atoms with Crippen LogP contribution in [0.1, 0.15) is 40.9 Å². The number of anilines is 1. The van der Waals surface area contributed by atoms with E-state index in [1.54, 1.807) is 6.33 Å². The van der Waals surface area contributed by atoms with Crippen LogP contribution in [0.15, 0.2) is 6.33 Å². The molecule has 0 bridgehead atoms. The lowest BCUT2D eigenvalue weighted by Crippen LogP contribution is -2.44. The van der Waals surface area contributed by atoms with Crippen molar-refractivity contribution in [3.05, 3.63) is 16.8 Å². The van der Waals surface area contributed by atoms with Gasteiger partial charge in [-0.3, -0.25) is 4.79 Å². The normalized spacial score (nSPS) is 21.3. The first-order valence-electron chi connectivity index (χ1n) is 10.1. The summed E-state index contributed by atoms with van der Waals surface area (Å²) in [6.07, 6.45) is 6.05. The molecule has 0 saturated carbocycles. The lowest BCUT2D eigenvalue weighted by Gasteiger charge is -2.35. The van der Waals surface area contributed by atoms with Crippen LogP contribution in [-0.4, -0.2) is 78.2 Å². The minimum absolute atomic E-state index is 0.0973. The van der Waals surface area contributed by atoms with E-state index in [-0.39, 0.29) is 12.0 Å². The standard InChI is InChI=1S/C20H29N5O2S/c1-13-16-18(21-11-15-5-4-10-27-15)22-12-23-19(16)28-17(13)20(26)25(3)14-6-8-24(2)9-7-14/h12,14-15H,4-11H2,1-3H3,(H,21,22,23)/t15-/m0/s1. The number of nitrogens with one attached hydrogen (secondary N) is 1. The summed E-state index contributed by atoms with van der Waals surface area (Å²) in [6, 6.07) is 0.302. The molecule has 0 aliphatic carbocycles. The molecule has 2 aliphatic heterocycles.